The van der Waals surface area contributed by atoms with Crippen LogP contribution in [0.1, 0.15) is 28.3 Å². The topological polar surface area (TPSA) is 38.8 Å². The molecule has 0 saturated heterocycles. The van der Waals surface area contributed by atoms with E-state index in [1.165, 1.54) is 11.1 Å². The summed E-state index contributed by atoms with van der Waals surface area (Å²) in [5.41, 5.74) is 4.77. The Morgan fingerprint density at radius 2 is 1.63 bits per heavy atom. The number of hydrogen-bond acceptors (Lipinski definition) is 3. The van der Waals surface area contributed by atoms with Gasteiger partial charge in [0.1, 0.15) is 11.0 Å². The normalized spacial score (nSPS) is 17.2. The minimum absolute atomic E-state index is 0.0157. The zero-order chi connectivity index (χ0) is 21.1. The minimum atomic E-state index is -1.24. The number of hydrogen-bond donors (Lipinski definition) is 0. The molecule has 0 spiro atoms. The van der Waals surface area contributed by atoms with Gasteiger partial charge in [0.05, 0.1) is 25.2 Å². The molecule has 0 aromatic heterocycles. The zero-order valence-electron chi connectivity index (χ0n) is 17.6. The second-order valence-electron chi connectivity index (χ2n) is 7.56. The lowest BCUT2D eigenvalue weighted by Crippen LogP contribution is -2.38. The van der Waals surface area contributed by atoms with E-state index in [2.05, 4.69) is 40.7 Å². The Morgan fingerprint density at radius 1 is 0.967 bits per heavy atom. The van der Waals surface area contributed by atoms with Gasteiger partial charge in [0.15, 0.2) is 11.5 Å². The van der Waals surface area contributed by atoms with Gasteiger partial charge in [-0.3, -0.25) is 0 Å². The van der Waals surface area contributed by atoms with Crippen LogP contribution in [0, 0.1) is 6.92 Å². The third kappa shape index (κ3) is 4.13. The summed E-state index contributed by atoms with van der Waals surface area (Å²) < 4.78 is 26.8. The van der Waals surface area contributed by atoms with Crippen LogP contribution in [0.15, 0.2) is 71.6 Å². The number of nitrogens with zero attached hydrogens (tertiary/aromatic N) is 1. The van der Waals surface area contributed by atoms with E-state index in [1.54, 1.807) is 14.2 Å². The first kappa shape index (κ1) is 20.6. The summed E-state index contributed by atoms with van der Waals surface area (Å²) in [6.45, 7) is 2.77. The van der Waals surface area contributed by atoms with Crippen LogP contribution in [0.5, 0.6) is 11.5 Å². The van der Waals surface area contributed by atoms with E-state index in [4.69, 9.17) is 9.47 Å². The maximum Gasteiger partial charge on any atom is 0.161 e. The monoisotopic (exact) mass is 421 g/mol. The van der Waals surface area contributed by atoms with E-state index in [1.807, 2.05) is 37.3 Å². The molecule has 0 aliphatic carbocycles. The SMILES string of the molecule is COc1cc2c(cc1OC)[C@@H](Cc1ccccc1)N([S@](=O)c1ccc(C)cc1)CC2. The Hall–Kier alpha value is -2.63. The lowest BCUT2D eigenvalue weighted by atomic mass is 9.90. The molecular weight excluding hydrogens is 394 g/mol. The van der Waals surface area contributed by atoms with E-state index < -0.39 is 11.0 Å². The molecule has 0 bridgehead atoms. The Morgan fingerprint density at radius 3 is 2.30 bits per heavy atom. The molecule has 30 heavy (non-hydrogen) atoms. The van der Waals surface area contributed by atoms with Crippen LogP contribution in [0.3, 0.4) is 0 Å². The summed E-state index contributed by atoms with van der Waals surface area (Å²) in [5, 5.41) is 0. The summed E-state index contributed by atoms with van der Waals surface area (Å²) in [6, 6.07) is 22.5. The van der Waals surface area contributed by atoms with Crippen LogP contribution in [0.25, 0.3) is 0 Å². The number of aryl methyl sites for hydroxylation is 1. The highest BCUT2D eigenvalue weighted by molar-refractivity contribution is 7.82. The van der Waals surface area contributed by atoms with Gasteiger partial charge in [-0.1, -0.05) is 48.0 Å². The molecule has 5 heteroatoms. The molecule has 0 N–H and O–H groups in total. The van der Waals surface area contributed by atoms with Gasteiger partial charge in [0.25, 0.3) is 0 Å². The van der Waals surface area contributed by atoms with Crippen molar-refractivity contribution in [3.05, 3.63) is 89.0 Å². The first-order chi connectivity index (χ1) is 14.6. The van der Waals surface area contributed by atoms with Crippen molar-refractivity contribution >= 4 is 11.0 Å². The summed E-state index contributed by atoms with van der Waals surface area (Å²) in [5.74, 6) is 1.44. The largest absolute Gasteiger partial charge is 0.493 e. The lowest BCUT2D eigenvalue weighted by molar-refractivity contribution is 0.315. The first-order valence-electron chi connectivity index (χ1n) is 10.1. The predicted octanol–water partition coefficient (Wildman–Crippen LogP) is 4.88. The third-order valence-electron chi connectivity index (χ3n) is 5.66. The van der Waals surface area contributed by atoms with Gasteiger partial charge in [-0.15, -0.1) is 0 Å². The number of fused-ring (bicyclic) bond motifs is 1. The van der Waals surface area contributed by atoms with Crippen molar-refractivity contribution in [2.75, 3.05) is 20.8 Å². The van der Waals surface area contributed by atoms with Crippen molar-refractivity contribution in [3.8, 4) is 11.5 Å². The Balaban J connectivity index is 1.76. The minimum Gasteiger partial charge on any atom is -0.493 e. The predicted molar refractivity (Wildman–Crippen MR) is 120 cm³/mol. The molecule has 3 aromatic carbocycles. The maximum absolute atomic E-state index is 13.6. The van der Waals surface area contributed by atoms with Crippen molar-refractivity contribution < 1.29 is 13.7 Å². The van der Waals surface area contributed by atoms with E-state index >= 15 is 0 Å². The van der Waals surface area contributed by atoms with Gasteiger partial charge in [-0.05, 0) is 60.7 Å². The molecule has 1 heterocycles. The molecule has 0 amide bonds. The van der Waals surface area contributed by atoms with E-state index in [9.17, 15) is 4.21 Å². The van der Waals surface area contributed by atoms with Crippen LogP contribution in [0.2, 0.25) is 0 Å². The average molecular weight is 422 g/mol. The molecule has 0 radical (unpaired) electrons. The maximum atomic E-state index is 13.6. The van der Waals surface area contributed by atoms with Crippen LogP contribution in [0.4, 0.5) is 0 Å². The average Bonchev–Trinajstić information content (AvgIpc) is 2.79. The van der Waals surface area contributed by atoms with E-state index in [0.717, 1.165) is 41.2 Å². The Bertz CT molecular complexity index is 1030. The molecule has 3 aromatic rings. The molecule has 2 atom stereocenters. The molecule has 1 aliphatic rings. The van der Waals surface area contributed by atoms with Gasteiger partial charge in [-0.2, -0.15) is 0 Å². The van der Waals surface area contributed by atoms with Gasteiger partial charge in [-0.25, -0.2) is 8.51 Å². The van der Waals surface area contributed by atoms with Crippen molar-refractivity contribution in [2.24, 2.45) is 0 Å². The quantitative estimate of drug-likeness (QED) is 0.570. The van der Waals surface area contributed by atoms with Gasteiger partial charge >= 0.3 is 0 Å². The summed E-state index contributed by atoms with van der Waals surface area (Å²) in [4.78, 5) is 0.836. The molecule has 0 saturated carbocycles. The van der Waals surface area contributed by atoms with Gasteiger partial charge in [0.2, 0.25) is 0 Å². The molecular formula is C25H27NO3S. The van der Waals surface area contributed by atoms with Crippen LogP contribution < -0.4 is 9.47 Å². The highest BCUT2D eigenvalue weighted by Crippen LogP contribution is 2.40. The fourth-order valence-corrected chi connectivity index (χ4v) is 5.36. The van der Waals surface area contributed by atoms with E-state index in [-0.39, 0.29) is 6.04 Å². The second-order valence-corrected chi connectivity index (χ2v) is 9.00. The van der Waals surface area contributed by atoms with Crippen LogP contribution in [-0.4, -0.2) is 29.3 Å². The fraction of sp³-hybridized carbons (Fsp3) is 0.280. The highest BCUT2D eigenvalue weighted by Gasteiger charge is 2.33. The molecule has 156 valence electrons. The summed E-state index contributed by atoms with van der Waals surface area (Å²) >= 11 is 0. The molecule has 0 unspecified atom stereocenters. The number of rotatable bonds is 6. The van der Waals surface area contributed by atoms with Gasteiger partial charge in [0, 0.05) is 6.54 Å². The van der Waals surface area contributed by atoms with Gasteiger partial charge < -0.3 is 9.47 Å². The lowest BCUT2D eigenvalue weighted by Gasteiger charge is -2.36. The summed E-state index contributed by atoms with van der Waals surface area (Å²) in [6.07, 6.45) is 1.60. The Labute approximate surface area is 181 Å². The summed E-state index contributed by atoms with van der Waals surface area (Å²) in [7, 11) is 2.07. The number of ether oxygens (including phenoxy) is 2. The van der Waals surface area contributed by atoms with Crippen molar-refractivity contribution in [1.29, 1.82) is 0 Å². The third-order valence-corrected chi connectivity index (χ3v) is 7.20. The molecule has 4 rings (SSSR count). The highest BCUT2D eigenvalue weighted by atomic mass is 32.2. The number of benzene rings is 3. The van der Waals surface area contributed by atoms with Crippen molar-refractivity contribution in [1.82, 2.24) is 4.31 Å². The smallest absolute Gasteiger partial charge is 0.161 e. The first-order valence-corrected chi connectivity index (χ1v) is 11.3. The zero-order valence-corrected chi connectivity index (χ0v) is 18.4. The van der Waals surface area contributed by atoms with Crippen LogP contribution >= 0.6 is 0 Å². The standard InChI is InChI=1S/C25H27NO3S/c1-18-9-11-21(12-10-18)30(27)26-14-13-20-16-24(28-2)25(29-3)17-22(20)23(26)15-19-7-5-4-6-8-19/h4-12,16-17,23H,13-15H2,1-3H3/t23-,30-/m1/s1. The molecule has 1 aliphatic heterocycles. The Kier molecular flexibility index (Phi) is 6.21. The van der Waals surface area contributed by atoms with E-state index in [0.29, 0.717) is 5.75 Å². The van der Waals surface area contributed by atoms with Crippen LogP contribution in [-0.2, 0) is 23.8 Å². The molecule has 0 fully saturated rings. The van der Waals surface area contributed by atoms with Crippen molar-refractivity contribution in [2.45, 2.75) is 30.7 Å². The molecule has 4 nitrogen and oxygen atoms in total. The second kappa shape index (κ2) is 9.02. The number of methoxy groups -OCH3 is 2. The van der Waals surface area contributed by atoms with Crippen molar-refractivity contribution in [3.63, 3.8) is 0 Å². The fourth-order valence-electron chi connectivity index (χ4n) is 4.04.